The molecule has 0 radical (unpaired) electrons. The maximum atomic E-state index is 12.7. The maximum Gasteiger partial charge on any atom is 0.338 e. The molecular weight excluding hydrogens is 520 g/mol. The molecule has 0 aliphatic carbocycles. The fourth-order valence-corrected chi connectivity index (χ4v) is 4.71. The summed E-state index contributed by atoms with van der Waals surface area (Å²) in [5, 5.41) is 11.1. The van der Waals surface area contributed by atoms with Gasteiger partial charge in [0.25, 0.3) is 0 Å². The van der Waals surface area contributed by atoms with Crippen LogP contribution in [-0.4, -0.2) is 48.4 Å². The zero-order valence-corrected chi connectivity index (χ0v) is 22.7. The molecule has 1 saturated heterocycles. The van der Waals surface area contributed by atoms with Crippen LogP contribution in [0.3, 0.4) is 0 Å². The lowest BCUT2D eigenvalue weighted by Crippen LogP contribution is -2.61. The zero-order valence-electron chi connectivity index (χ0n) is 22.7. The molecule has 5 atom stereocenters. The number of ether oxygens (including phenoxy) is 5. The van der Waals surface area contributed by atoms with Crippen LogP contribution in [0.15, 0.2) is 121 Å². The minimum atomic E-state index is -1.34. The van der Waals surface area contributed by atoms with E-state index in [0.717, 1.165) is 16.7 Å². The fourth-order valence-electron chi connectivity index (χ4n) is 4.71. The highest BCUT2D eigenvalue weighted by Crippen LogP contribution is 2.30. The molecule has 1 N–H and O–H groups in total. The number of carbonyl (C=O) groups is 1. The smallest absolute Gasteiger partial charge is 0.338 e. The van der Waals surface area contributed by atoms with Crippen molar-refractivity contribution in [1.82, 2.24) is 0 Å². The van der Waals surface area contributed by atoms with Crippen molar-refractivity contribution < 1.29 is 33.6 Å². The van der Waals surface area contributed by atoms with Gasteiger partial charge in [-0.1, -0.05) is 109 Å². The third kappa shape index (κ3) is 8.10. The SMILES string of the molecule is O=C(OC[C@H]1OC(O)[C@@H](OCc2ccccc2)[C@@H](OCc2ccccc2)[C@@H]1OCc1ccccc1)c1ccccc1. The van der Waals surface area contributed by atoms with Gasteiger partial charge in [-0.05, 0) is 28.8 Å². The fraction of sp³-hybridized carbons (Fsp3) is 0.265. The lowest BCUT2D eigenvalue weighted by Gasteiger charge is -2.44. The zero-order chi connectivity index (χ0) is 28.3. The molecule has 1 fully saturated rings. The molecule has 4 aromatic rings. The average Bonchev–Trinajstić information content (AvgIpc) is 3.03. The van der Waals surface area contributed by atoms with Gasteiger partial charge in [-0.2, -0.15) is 0 Å². The van der Waals surface area contributed by atoms with Crippen molar-refractivity contribution in [1.29, 1.82) is 0 Å². The summed E-state index contributed by atoms with van der Waals surface area (Å²) in [7, 11) is 0. The Morgan fingerprint density at radius 2 is 1.00 bits per heavy atom. The number of aliphatic hydroxyl groups excluding tert-OH is 1. The Morgan fingerprint density at radius 3 is 1.49 bits per heavy atom. The summed E-state index contributed by atoms with van der Waals surface area (Å²) in [5.41, 5.74) is 3.29. The molecular formula is C34H34O7. The Morgan fingerprint density at radius 1 is 0.585 bits per heavy atom. The molecule has 0 amide bonds. The van der Waals surface area contributed by atoms with E-state index in [1.54, 1.807) is 24.3 Å². The van der Waals surface area contributed by atoms with Gasteiger partial charge in [0.2, 0.25) is 0 Å². The molecule has 7 nitrogen and oxygen atoms in total. The maximum absolute atomic E-state index is 12.7. The van der Waals surface area contributed by atoms with Gasteiger partial charge in [0.15, 0.2) is 6.29 Å². The molecule has 212 valence electrons. The number of benzene rings is 4. The minimum absolute atomic E-state index is 0.138. The number of carbonyl (C=O) groups excluding carboxylic acids is 1. The number of hydrogen-bond donors (Lipinski definition) is 1. The highest BCUT2D eigenvalue weighted by Gasteiger charge is 2.48. The van der Waals surface area contributed by atoms with Crippen molar-refractivity contribution >= 4 is 5.97 Å². The van der Waals surface area contributed by atoms with Crippen molar-refractivity contribution in [2.24, 2.45) is 0 Å². The highest BCUT2D eigenvalue weighted by molar-refractivity contribution is 5.89. The average molecular weight is 555 g/mol. The van der Waals surface area contributed by atoms with Crippen LogP contribution >= 0.6 is 0 Å². The van der Waals surface area contributed by atoms with E-state index in [2.05, 4.69) is 0 Å². The van der Waals surface area contributed by atoms with Crippen molar-refractivity contribution in [3.63, 3.8) is 0 Å². The first-order valence-corrected chi connectivity index (χ1v) is 13.7. The number of esters is 1. The minimum Gasteiger partial charge on any atom is -0.459 e. The predicted molar refractivity (Wildman–Crippen MR) is 153 cm³/mol. The van der Waals surface area contributed by atoms with Gasteiger partial charge >= 0.3 is 5.97 Å². The van der Waals surface area contributed by atoms with Gasteiger partial charge in [0.1, 0.15) is 31.0 Å². The van der Waals surface area contributed by atoms with E-state index in [9.17, 15) is 9.90 Å². The topological polar surface area (TPSA) is 83.5 Å². The normalized spacial score (nSPS) is 22.2. The van der Waals surface area contributed by atoms with Gasteiger partial charge < -0.3 is 28.8 Å². The van der Waals surface area contributed by atoms with Crippen LogP contribution in [0.25, 0.3) is 0 Å². The second-order valence-electron chi connectivity index (χ2n) is 9.81. The van der Waals surface area contributed by atoms with E-state index in [1.807, 2.05) is 97.1 Å². The van der Waals surface area contributed by atoms with Crippen LogP contribution in [-0.2, 0) is 43.5 Å². The Kier molecular flexibility index (Phi) is 10.3. The molecule has 1 unspecified atom stereocenters. The lowest BCUT2D eigenvalue weighted by molar-refractivity contribution is -0.315. The molecule has 0 aromatic heterocycles. The van der Waals surface area contributed by atoms with Crippen LogP contribution < -0.4 is 0 Å². The predicted octanol–water partition coefficient (Wildman–Crippen LogP) is 5.32. The second-order valence-corrected chi connectivity index (χ2v) is 9.81. The van der Waals surface area contributed by atoms with Gasteiger partial charge in [0.05, 0.1) is 25.4 Å². The summed E-state index contributed by atoms with van der Waals surface area (Å²) >= 11 is 0. The van der Waals surface area contributed by atoms with E-state index >= 15 is 0 Å². The van der Waals surface area contributed by atoms with Gasteiger partial charge in [-0.25, -0.2) is 4.79 Å². The van der Waals surface area contributed by atoms with Gasteiger partial charge in [-0.15, -0.1) is 0 Å². The molecule has 0 saturated carbocycles. The van der Waals surface area contributed by atoms with E-state index in [1.165, 1.54) is 0 Å². The molecule has 0 spiro atoms. The van der Waals surface area contributed by atoms with Crippen molar-refractivity contribution in [3.8, 4) is 0 Å². The molecule has 1 aliphatic heterocycles. The van der Waals surface area contributed by atoms with Crippen LogP contribution in [0.2, 0.25) is 0 Å². The van der Waals surface area contributed by atoms with Gasteiger partial charge in [-0.3, -0.25) is 0 Å². The molecule has 1 aliphatic rings. The Bertz CT molecular complexity index is 1320. The summed E-state index contributed by atoms with van der Waals surface area (Å²) in [5.74, 6) is -0.491. The van der Waals surface area contributed by atoms with E-state index in [-0.39, 0.29) is 26.4 Å². The second kappa shape index (κ2) is 14.7. The summed E-state index contributed by atoms with van der Waals surface area (Å²) in [6, 6.07) is 37.9. The Labute approximate surface area is 240 Å². The van der Waals surface area contributed by atoms with E-state index in [0.29, 0.717) is 5.56 Å². The summed E-state index contributed by atoms with van der Waals surface area (Å²) in [4.78, 5) is 12.7. The number of rotatable bonds is 12. The lowest BCUT2D eigenvalue weighted by atomic mass is 9.98. The van der Waals surface area contributed by atoms with E-state index < -0.39 is 36.7 Å². The number of aliphatic hydroxyl groups is 1. The van der Waals surface area contributed by atoms with Crippen LogP contribution in [0.5, 0.6) is 0 Å². The van der Waals surface area contributed by atoms with Gasteiger partial charge in [0, 0.05) is 0 Å². The molecule has 5 rings (SSSR count). The van der Waals surface area contributed by atoms with Crippen LogP contribution in [0.1, 0.15) is 27.0 Å². The molecule has 4 aromatic carbocycles. The Balaban J connectivity index is 1.38. The number of hydrogen-bond acceptors (Lipinski definition) is 7. The first kappa shape index (κ1) is 28.7. The van der Waals surface area contributed by atoms with Crippen molar-refractivity contribution in [2.75, 3.05) is 6.61 Å². The first-order chi connectivity index (χ1) is 20.2. The monoisotopic (exact) mass is 554 g/mol. The van der Waals surface area contributed by atoms with Crippen molar-refractivity contribution in [2.45, 2.75) is 50.5 Å². The van der Waals surface area contributed by atoms with Crippen molar-refractivity contribution in [3.05, 3.63) is 144 Å². The van der Waals surface area contributed by atoms with E-state index in [4.69, 9.17) is 23.7 Å². The first-order valence-electron chi connectivity index (χ1n) is 13.7. The molecule has 7 heteroatoms. The molecule has 1 heterocycles. The van der Waals surface area contributed by atoms with Crippen LogP contribution in [0, 0.1) is 0 Å². The summed E-state index contributed by atoms with van der Waals surface area (Å²) < 4.78 is 30.7. The summed E-state index contributed by atoms with van der Waals surface area (Å²) in [6.07, 6.45) is -4.45. The van der Waals surface area contributed by atoms with Crippen LogP contribution in [0.4, 0.5) is 0 Å². The Hall–Kier alpha value is -3.85. The summed E-state index contributed by atoms with van der Waals surface area (Å²) in [6.45, 7) is 0.646. The molecule has 0 bridgehead atoms. The standard InChI is InChI=1S/C34H34O7/c35-33(28-19-11-4-12-20-28)40-24-29-30(37-21-25-13-5-1-6-14-25)31(38-22-26-15-7-2-8-16-26)32(34(36)41-29)39-23-27-17-9-3-10-18-27/h1-20,29-32,34,36H,21-24H2/t29-,30-,31+,32+,34?/m1/s1. The third-order valence-corrected chi connectivity index (χ3v) is 6.85. The highest BCUT2D eigenvalue weighted by atomic mass is 16.7. The molecule has 41 heavy (non-hydrogen) atoms. The third-order valence-electron chi connectivity index (χ3n) is 6.85. The quantitative estimate of drug-likeness (QED) is 0.238. The largest absolute Gasteiger partial charge is 0.459 e.